The van der Waals surface area contributed by atoms with Gasteiger partial charge in [0.05, 0.1) is 18.2 Å². The molecule has 25 heavy (non-hydrogen) atoms. The van der Waals surface area contributed by atoms with E-state index in [0.29, 0.717) is 29.4 Å². The van der Waals surface area contributed by atoms with E-state index in [1.165, 1.54) is 0 Å². The van der Waals surface area contributed by atoms with Crippen molar-refractivity contribution in [3.63, 3.8) is 0 Å². The average molecular weight is 337 g/mol. The number of nitriles is 1. The molecule has 6 heteroatoms. The molecule has 6 nitrogen and oxygen atoms in total. The number of ether oxygens (including phenoxy) is 2. The molecule has 0 spiro atoms. The third-order valence-electron chi connectivity index (χ3n) is 3.91. The number of pyridine rings is 1. The summed E-state index contributed by atoms with van der Waals surface area (Å²) in [5.41, 5.74) is 0.0961. The number of carbonyl (C=O) groups excluding carboxylic acids is 1. The zero-order chi connectivity index (χ0) is 18.0. The maximum absolute atomic E-state index is 13.1. The largest absolute Gasteiger partial charge is 0.478 e. The van der Waals surface area contributed by atoms with Crippen molar-refractivity contribution in [2.75, 3.05) is 11.4 Å². The SMILES string of the molecule is CC1CN(C(=O)C(C)(C)Oc2ccc(C#N)cc2)c2cccnc2O1. The molecule has 1 amide bonds. The Morgan fingerprint density at radius 2 is 2.08 bits per heavy atom. The van der Waals surface area contributed by atoms with Gasteiger partial charge in [0.15, 0.2) is 5.60 Å². The van der Waals surface area contributed by atoms with Crippen molar-refractivity contribution in [2.24, 2.45) is 0 Å². The average Bonchev–Trinajstić information content (AvgIpc) is 2.60. The highest BCUT2D eigenvalue weighted by atomic mass is 16.5. The minimum Gasteiger partial charge on any atom is -0.478 e. The van der Waals surface area contributed by atoms with Gasteiger partial charge < -0.3 is 14.4 Å². The van der Waals surface area contributed by atoms with Gasteiger partial charge in [0.2, 0.25) is 5.88 Å². The summed E-state index contributed by atoms with van der Waals surface area (Å²) in [7, 11) is 0. The first kappa shape index (κ1) is 16.8. The van der Waals surface area contributed by atoms with E-state index in [4.69, 9.17) is 14.7 Å². The monoisotopic (exact) mass is 337 g/mol. The first-order chi connectivity index (χ1) is 11.9. The van der Waals surface area contributed by atoms with Gasteiger partial charge in [-0.2, -0.15) is 5.26 Å². The van der Waals surface area contributed by atoms with Crippen LogP contribution in [0.3, 0.4) is 0 Å². The molecule has 0 saturated carbocycles. The second-order valence-electron chi connectivity index (χ2n) is 6.42. The number of fused-ring (bicyclic) bond motifs is 1. The number of anilines is 1. The van der Waals surface area contributed by atoms with Crippen LogP contribution in [0.2, 0.25) is 0 Å². The van der Waals surface area contributed by atoms with Gasteiger partial charge in [-0.25, -0.2) is 4.98 Å². The summed E-state index contributed by atoms with van der Waals surface area (Å²) in [6, 6.07) is 12.3. The Bertz CT molecular complexity index is 825. The molecule has 1 aliphatic rings. The zero-order valence-electron chi connectivity index (χ0n) is 14.4. The third kappa shape index (κ3) is 3.41. The van der Waals surface area contributed by atoms with Crippen molar-refractivity contribution in [3.05, 3.63) is 48.2 Å². The summed E-state index contributed by atoms with van der Waals surface area (Å²) in [5, 5.41) is 8.87. The number of amides is 1. The molecule has 0 saturated heterocycles. The van der Waals surface area contributed by atoms with E-state index < -0.39 is 5.60 Å². The van der Waals surface area contributed by atoms with E-state index in [1.54, 1.807) is 55.3 Å². The Balaban J connectivity index is 1.84. The number of benzene rings is 1. The van der Waals surface area contributed by atoms with Gasteiger partial charge in [-0.1, -0.05) is 0 Å². The van der Waals surface area contributed by atoms with Crippen molar-refractivity contribution in [2.45, 2.75) is 32.5 Å². The van der Waals surface area contributed by atoms with E-state index in [9.17, 15) is 4.79 Å². The summed E-state index contributed by atoms with van der Waals surface area (Å²) >= 11 is 0. The molecule has 2 heterocycles. The first-order valence-corrected chi connectivity index (χ1v) is 8.03. The van der Waals surface area contributed by atoms with Crippen LogP contribution >= 0.6 is 0 Å². The number of carbonyl (C=O) groups is 1. The number of hydrogen-bond acceptors (Lipinski definition) is 5. The molecule has 0 radical (unpaired) electrons. The van der Waals surface area contributed by atoms with E-state index in [2.05, 4.69) is 11.1 Å². The molecule has 1 unspecified atom stereocenters. The second kappa shape index (κ2) is 6.44. The molecule has 1 aliphatic heterocycles. The fraction of sp³-hybridized carbons (Fsp3) is 0.316. The fourth-order valence-corrected chi connectivity index (χ4v) is 2.71. The summed E-state index contributed by atoms with van der Waals surface area (Å²) in [6.45, 7) is 5.78. The lowest BCUT2D eigenvalue weighted by molar-refractivity contribution is -0.131. The maximum Gasteiger partial charge on any atom is 0.270 e. The molecule has 1 atom stereocenters. The highest BCUT2D eigenvalue weighted by molar-refractivity contribution is 6.00. The highest BCUT2D eigenvalue weighted by Crippen LogP contribution is 2.33. The summed E-state index contributed by atoms with van der Waals surface area (Å²) in [6.07, 6.45) is 1.48. The Morgan fingerprint density at radius 1 is 1.36 bits per heavy atom. The molecule has 0 N–H and O–H groups in total. The van der Waals surface area contributed by atoms with Crippen molar-refractivity contribution < 1.29 is 14.3 Å². The minimum atomic E-state index is -1.08. The van der Waals surface area contributed by atoms with Gasteiger partial charge in [-0.3, -0.25) is 4.79 Å². The maximum atomic E-state index is 13.1. The van der Waals surface area contributed by atoms with Gasteiger partial charge in [-0.15, -0.1) is 0 Å². The molecule has 1 aromatic carbocycles. The first-order valence-electron chi connectivity index (χ1n) is 8.03. The quantitative estimate of drug-likeness (QED) is 0.861. The smallest absolute Gasteiger partial charge is 0.270 e. The Morgan fingerprint density at radius 3 is 2.76 bits per heavy atom. The number of aromatic nitrogens is 1. The highest BCUT2D eigenvalue weighted by Gasteiger charge is 2.39. The van der Waals surface area contributed by atoms with Crippen LogP contribution in [0.4, 0.5) is 5.69 Å². The summed E-state index contributed by atoms with van der Waals surface area (Å²) in [5.74, 6) is 0.801. The molecular weight excluding hydrogens is 318 g/mol. The van der Waals surface area contributed by atoms with Crippen LogP contribution in [0.25, 0.3) is 0 Å². The number of rotatable bonds is 3. The Labute approximate surface area is 146 Å². The van der Waals surface area contributed by atoms with Gasteiger partial charge >= 0.3 is 0 Å². The van der Waals surface area contributed by atoms with Crippen molar-refractivity contribution in [1.29, 1.82) is 5.26 Å². The van der Waals surface area contributed by atoms with E-state index in [0.717, 1.165) is 0 Å². The number of nitrogens with zero attached hydrogens (tertiary/aromatic N) is 3. The molecule has 0 bridgehead atoms. The lowest BCUT2D eigenvalue weighted by Crippen LogP contribution is -2.53. The summed E-state index contributed by atoms with van der Waals surface area (Å²) in [4.78, 5) is 19.0. The van der Waals surface area contributed by atoms with Gasteiger partial charge in [0.25, 0.3) is 5.91 Å². The van der Waals surface area contributed by atoms with Crippen molar-refractivity contribution in [1.82, 2.24) is 4.98 Å². The van der Waals surface area contributed by atoms with Crippen LogP contribution < -0.4 is 14.4 Å². The standard InChI is InChI=1S/C19H19N3O3/c1-13-12-22(16-5-4-10-21-17(16)24-13)18(23)19(2,3)25-15-8-6-14(11-20)7-9-15/h4-10,13H,12H2,1-3H3. The van der Waals surface area contributed by atoms with Gasteiger partial charge in [0.1, 0.15) is 17.5 Å². The Hall–Kier alpha value is -3.07. The molecule has 0 fully saturated rings. The van der Waals surface area contributed by atoms with Gasteiger partial charge in [-0.05, 0) is 57.2 Å². The molecule has 128 valence electrons. The van der Waals surface area contributed by atoms with Gasteiger partial charge in [0, 0.05) is 6.20 Å². The molecular formula is C19H19N3O3. The van der Waals surface area contributed by atoms with E-state index in [-0.39, 0.29) is 12.0 Å². The molecule has 1 aromatic heterocycles. The zero-order valence-corrected chi connectivity index (χ0v) is 14.4. The van der Waals surface area contributed by atoms with Crippen molar-refractivity contribution >= 4 is 11.6 Å². The van der Waals surface area contributed by atoms with Crippen LogP contribution in [-0.2, 0) is 4.79 Å². The third-order valence-corrected chi connectivity index (χ3v) is 3.91. The minimum absolute atomic E-state index is 0.155. The Kier molecular flexibility index (Phi) is 4.32. The molecule has 3 rings (SSSR count). The second-order valence-corrected chi connectivity index (χ2v) is 6.42. The number of hydrogen-bond donors (Lipinski definition) is 0. The van der Waals surface area contributed by atoms with Crippen LogP contribution in [0.5, 0.6) is 11.6 Å². The fourth-order valence-electron chi connectivity index (χ4n) is 2.71. The van der Waals surface area contributed by atoms with E-state index in [1.807, 2.05) is 13.0 Å². The lowest BCUT2D eigenvalue weighted by Gasteiger charge is -2.37. The van der Waals surface area contributed by atoms with E-state index >= 15 is 0 Å². The predicted molar refractivity (Wildman–Crippen MR) is 92.5 cm³/mol. The predicted octanol–water partition coefficient (Wildman–Crippen LogP) is 2.92. The lowest BCUT2D eigenvalue weighted by atomic mass is 10.1. The van der Waals surface area contributed by atoms with Crippen LogP contribution in [-0.4, -0.2) is 29.1 Å². The van der Waals surface area contributed by atoms with Crippen LogP contribution in [0, 0.1) is 11.3 Å². The molecule has 0 aliphatic carbocycles. The van der Waals surface area contributed by atoms with Crippen LogP contribution in [0.1, 0.15) is 26.3 Å². The molecule has 2 aromatic rings. The normalized spacial score (nSPS) is 16.4. The van der Waals surface area contributed by atoms with Crippen LogP contribution in [0.15, 0.2) is 42.6 Å². The topological polar surface area (TPSA) is 75.5 Å². The van der Waals surface area contributed by atoms with Crippen molar-refractivity contribution in [3.8, 4) is 17.7 Å². The summed E-state index contributed by atoms with van der Waals surface area (Å²) < 4.78 is 11.6.